The molecule has 0 radical (unpaired) electrons. The Morgan fingerprint density at radius 2 is 2.22 bits per heavy atom. The number of carbonyl (C=O) groups is 1. The Morgan fingerprint density at radius 1 is 1.50 bits per heavy atom. The van der Waals surface area contributed by atoms with Gasteiger partial charge in [-0.15, -0.1) is 0 Å². The fourth-order valence-corrected chi connectivity index (χ4v) is 2.20. The molecule has 1 aromatic rings. The molecule has 0 aliphatic carbocycles. The topological polar surface area (TPSA) is 51.2 Å². The average Bonchev–Trinajstić information content (AvgIpc) is 2.39. The summed E-state index contributed by atoms with van der Waals surface area (Å²) in [5.74, 6) is -0.0825. The molecular weight excluding hydrogens is 252 g/mol. The molecule has 1 fully saturated rings. The lowest BCUT2D eigenvalue weighted by molar-refractivity contribution is 0.0696. The smallest absolute Gasteiger partial charge is 0.251 e. The summed E-state index contributed by atoms with van der Waals surface area (Å²) in [5, 5.41) is 3.38. The molecule has 0 atom stereocenters. The Morgan fingerprint density at radius 3 is 2.89 bits per heavy atom. The number of rotatable bonds is 3. The summed E-state index contributed by atoms with van der Waals surface area (Å²) in [6, 6.07) is 3.60. The van der Waals surface area contributed by atoms with Crippen molar-refractivity contribution in [2.45, 2.75) is 32.2 Å². The Kier molecular flexibility index (Phi) is 4.55. The first-order valence-electron chi connectivity index (χ1n) is 6.24. The standard InChI is InChI=1S/C13H17ClN2O2/c1-2-10-7-9(8-12(14)15-10)13(17)16-11-3-5-18-6-4-11/h7-8,11H,2-6H2,1H3,(H,16,17). The maximum absolute atomic E-state index is 12.1. The number of amides is 1. The second kappa shape index (κ2) is 6.16. The van der Waals surface area contributed by atoms with Gasteiger partial charge in [0, 0.05) is 30.5 Å². The molecule has 0 aromatic carbocycles. The predicted molar refractivity (Wildman–Crippen MR) is 69.9 cm³/mol. The van der Waals surface area contributed by atoms with Crippen LogP contribution in [0.4, 0.5) is 0 Å². The number of carbonyl (C=O) groups excluding carboxylic acids is 1. The van der Waals surface area contributed by atoms with Crippen LogP contribution in [0.25, 0.3) is 0 Å². The van der Waals surface area contributed by atoms with Crippen molar-refractivity contribution in [3.63, 3.8) is 0 Å². The van der Waals surface area contributed by atoms with Gasteiger partial charge in [-0.25, -0.2) is 4.98 Å². The molecule has 0 bridgehead atoms. The molecule has 2 heterocycles. The van der Waals surface area contributed by atoms with E-state index in [1.54, 1.807) is 12.1 Å². The van der Waals surface area contributed by atoms with Gasteiger partial charge in [0.25, 0.3) is 5.91 Å². The summed E-state index contributed by atoms with van der Waals surface area (Å²) in [4.78, 5) is 16.2. The normalized spacial score (nSPS) is 16.6. The molecule has 0 unspecified atom stereocenters. The highest BCUT2D eigenvalue weighted by Crippen LogP contribution is 2.13. The maximum Gasteiger partial charge on any atom is 0.251 e. The highest BCUT2D eigenvalue weighted by atomic mass is 35.5. The number of nitrogens with zero attached hydrogens (tertiary/aromatic N) is 1. The molecule has 1 aliphatic heterocycles. The van der Waals surface area contributed by atoms with Crippen LogP contribution >= 0.6 is 11.6 Å². The van der Waals surface area contributed by atoms with Crippen LogP contribution in [0, 0.1) is 0 Å². The molecule has 2 rings (SSSR count). The number of hydrogen-bond acceptors (Lipinski definition) is 3. The van der Waals surface area contributed by atoms with Crippen molar-refractivity contribution in [3.8, 4) is 0 Å². The fraction of sp³-hybridized carbons (Fsp3) is 0.538. The Hall–Kier alpha value is -1.13. The SMILES string of the molecule is CCc1cc(C(=O)NC2CCOCC2)cc(Cl)n1. The number of aryl methyl sites for hydroxylation is 1. The van der Waals surface area contributed by atoms with Crippen LogP contribution in [0.2, 0.25) is 5.15 Å². The van der Waals surface area contributed by atoms with Crippen molar-refractivity contribution in [1.82, 2.24) is 10.3 Å². The minimum Gasteiger partial charge on any atom is -0.381 e. The van der Waals surface area contributed by atoms with Crippen molar-refractivity contribution in [1.29, 1.82) is 0 Å². The van der Waals surface area contributed by atoms with Crippen molar-refractivity contribution in [3.05, 3.63) is 28.5 Å². The van der Waals surface area contributed by atoms with E-state index >= 15 is 0 Å². The third-order valence-electron chi connectivity index (χ3n) is 3.03. The second-order valence-electron chi connectivity index (χ2n) is 4.38. The Bertz CT molecular complexity index is 431. The summed E-state index contributed by atoms with van der Waals surface area (Å²) in [5.41, 5.74) is 1.41. The van der Waals surface area contributed by atoms with Crippen LogP contribution in [-0.2, 0) is 11.2 Å². The van der Waals surface area contributed by atoms with Crippen LogP contribution in [-0.4, -0.2) is 30.1 Å². The molecule has 1 N–H and O–H groups in total. The number of pyridine rings is 1. The molecule has 5 heteroatoms. The van der Waals surface area contributed by atoms with Gasteiger partial charge in [0.1, 0.15) is 5.15 Å². The zero-order chi connectivity index (χ0) is 13.0. The third kappa shape index (κ3) is 3.43. The van der Waals surface area contributed by atoms with Gasteiger partial charge in [0.2, 0.25) is 0 Å². The highest BCUT2D eigenvalue weighted by molar-refractivity contribution is 6.29. The van der Waals surface area contributed by atoms with Gasteiger partial charge >= 0.3 is 0 Å². The average molecular weight is 269 g/mol. The molecule has 1 aromatic heterocycles. The molecule has 1 aliphatic rings. The molecule has 4 nitrogen and oxygen atoms in total. The summed E-state index contributed by atoms with van der Waals surface area (Å²) in [6.07, 6.45) is 2.49. The van der Waals surface area contributed by atoms with Gasteiger partial charge in [-0.2, -0.15) is 0 Å². The van der Waals surface area contributed by atoms with E-state index in [2.05, 4.69) is 10.3 Å². The molecule has 18 heavy (non-hydrogen) atoms. The number of nitrogens with one attached hydrogen (secondary N) is 1. The number of halogens is 1. The lowest BCUT2D eigenvalue weighted by Gasteiger charge is -2.23. The molecule has 1 amide bonds. The largest absolute Gasteiger partial charge is 0.381 e. The lowest BCUT2D eigenvalue weighted by atomic mass is 10.1. The summed E-state index contributed by atoms with van der Waals surface area (Å²) < 4.78 is 5.26. The number of ether oxygens (including phenoxy) is 1. The Labute approximate surface area is 112 Å². The first-order chi connectivity index (χ1) is 8.69. The van der Waals surface area contributed by atoms with Gasteiger partial charge in [0.15, 0.2) is 0 Å². The molecule has 98 valence electrons. The van der Waals surface area contributed by atoms with Crippen molar-refractivity contribution < 1.29 is 9.53 Å². The monoisotopic (exact) mass is 268 g/mol. The van der Waals surface area contributed by atoms with E-state index in [0.29, 0.717) is 23.9 Å². The quantitative estimate of drug-likeness (QED) is 0.855. The maximum atomic E-state index is 12.1. The van der Waals surface area contributed by atoms with Crippen LogP contribution in [0.15, 0.2) is 12.1 Å². The van der Waals surface area contributed by atoms with E-state index in [1.165, 1.54) is 0 Å². The van der Waals surface area contributed by atoms with E-state index < -0.39 is 0 Å². The third-order valence-corrected chi connectivity index (χ3v) is 3.22. The molecule has 0 spiro atoms. The van der Waals surface area contributed by atoms with Gasteiger partial charge in [-0.1, -0.05) is 18.5 Å². The summed E-state index contributed by atoms with van der Waals surface area (Å²) >= 11 is 5.90. The van der Waals surface area contributed by atoms with E-state index in [-0.39, 0.29) is 11.9 Å². The predicted octanol–water partition coefficient (Wildman–Crippen LogP) is 2.21. The molecular formula is C13H17ClN2O2. The van der Waals surface area contributed by atoms with Gasteiger partial charge in [-0.3, -0.25) is 4.79 Å². The van der Waals surface area contributed by atoms with Crippen LogP contribution in [0.1, 0.15) is 35.8 Å². The van der Waals surface area contributed by atoms with E-state index in [9.17, 15) is 4.79 Å². The molecule has 1 saturated heterocycles. The van der Waals surface area contributed by atoms with E-state index in [0.717, 1.165) is 25.0 Å². The van der Waals surface area contributed by atoms with Gasteiger partial charge in [-0.05, 0) is 31.4 Å². The number of hydrogen-bond donors (Lipinski definition) is 1. The van der Waals surface area contributed by atoms with Crippen molar-refractivity contribution >= 4 is 17.5 Å². The van der Waals surface area contributed by atoms with E-state index in [4.69, 9.17) is 16.3 Å². The van der Waals surface area contributed by atoms with Crippen molar-refractivity contribution in [2.75, 3.05) is 13.2 Å². The first kappa shape index (κ1) is 13.3. The first-order valence-corrected chi connectivity index (χ1v) is 6.62. The minimum absolute atomic E-state index is 0.0825. The number of aromatic nitrogens is 1. The van der Waals surface area contributed by atoms with Crippen LogP contribution in [0.5, 0.6) is 0 Å². The van der Waals surface area contributed by atoms with Crippen LogP contribution in [0.3, 0.4) is 0 Å². The molecule has 0 saturated carbocycles. The van der Waals surface area contributed by atoms with E-state index in [1.807, 2.05) is 6.92 Å². The van der Waals surface area contributed by atoms with Crippen molar-refractivity contribution in [2.24, 2.45) is 0 Å². The van der Waals surface area contributed by atoms with Crippen LogP contribution < -0.4 is 5.32 Å². The lowest BCUT2D eigenvalue weighted by Crippen LogP contribution is -2.38. The zero-order valence-corrected chi connectivity index (χ0v) is 11.2. The summed E-state index contributed by atoms with van der Waals surface area (Å²) in [7, 11) is 0. The summed E-state index contributed by atoms with van der Waals surface area (Å²) in [6.45, 7) is 3.41. The van der Waals surface area contributed by atoms with Gasteiger partial charge < -0.3 is 10.1 Å². The second-order valence-corrected chi connectivity index (χ2v) is 4.77. The Balaban J connectivity index is 2.05. The zero-order valence-electron chi connectivity index (χ0n) is 10.4. The minimum atomic E-state index is -0.0825. The highest BCUT2D eigenvalue weighted by Gasteiger charge is 2.17. The fourth-order valence-electron chi connectivity index (χ4n) is 1.97. The van der Waals surface area contributed by atoms with Gasteiger partial charge in [0.05, 0.1) is 0 Å².